The van der Waals surface area contributed by atoms with Crippen LogP contribution in [0.25, 0.3) is 0 Å². The summed E-state index contributed by atoms with van der Waals surface area (Å²) in [5.41, 5.74) is 1.23. The molecule has 0 bridgehead atoms. The Morgan fingerprint density at radius 3 is 2.55 bits per heavy atom. The highest BCUT2D eigenvalue weighted by Gasteiger charge is 2.17. The maximum Gasteiger partial charge on any atom is 0.166 e. The predicted molar refractivity (Wildman–Crippen MR) is 76.8 cm³/mol. The summed E-state index contributed by atoms with van der Waals surface area (Å²) in [4.78, 5) is 11.8. The Hall–Kier alpha value is -1.87. The van der Waals surface area contributed by atoms with Crippen LogP contribution < -0.4 is 4.74 Å². The van der Waals surface area contributed by atoms with Crippen molar-refractivity contribution in [2.75, 3.05) is 0 Å². The van der Waals surface area contributed by atoms with Crippen molar-refractivity contribution in [3.8, 4) is 5.75 Å². The molecule has 2 nitrogen and oxygen atoms in total. The zero-order valence-electron chi connectivity index (χ0n) is 11.0. The van der Waals surface area contributed by atoms with Crippen molar-refractivity contribution in [1.29, 1.82) is 0 Å². The van der Waals surface area contributed by atoms with Crippen LogP contribution in [0.3, 0.4) is 0 Å². The Morgan fingerprint density at radius 1 is 1.20 bits per heavy atom. The molecule has 0 aliphatic carbocycles. The average Bonchev–Trinajstić information content (AvgIpc) is 2.49. The lowest BCUT2D eigenvalue weighted by atomic mass is 10.1. The zero-order chi connectivity index (χ0) is 14.5. The van der Waals surface area contributed by atoms with Crippen molar-refractivity contribution in [2.24, 2.45) is 0 Å². The fourth-order valence-corrected chi connectivity index (χ4v) is 2.03. The number of Topliss-reactive ketones (excluding diaryl/α,β-unsaturated/α-hetero) is 1. The van der Waals surface area contributed by atoms with Gasteiger partial charge in [-0.25, -0.2) is 4.39 Å². The van der Waals surface area contributed by atoms with Crippen molar-refractivity contribution in [3.05, 3.63) is 64.4 Å². The molecule has 0 saturated carbocycles. The van der Waals surface area contributed by atoms with E-state index in [1.165, 1.54) is 12.1 Å². The van der Waals surface area contributed by atoms with Gasteiger partial charge in [0.2, 0.25) is 0 Å². The second-order valence-corrected chi connectivity index (χ2v) is 4.67. The first-order valence-corrected chi connectivity index (χ1v) is 6.69. The molecule has 0 aliphatic rings. The molecular formula is C16H14ClFO2. The van der Waals surface area contributed by atoms with E-state index in [1.807, 2.05) is 30.3 Å². The van der Waals surface area contributed by atoms with E-state index in [9.17, 15) is 9.18 Å². The van der Waals surface area contributed by atoms with Crippen LogP contribution in [0.2, 0.25) is 5.02 Å². The third-order valence-electron chi connectivity index (χ3n) is 2.90. The minimum Gasteiger partial charge on any atom is -0.486 e. The molecule has 0 aliphatic heterocycles. The first-order valence-electron chi connectivity index (χ1n) is 6.31. The van der Waals surface area contributed by atoms with Gasteiger partial charge in [-0.15, -0.1) is 0 Å². The maximum absolute atomic E-state index is 13.5. The summed E-state index contributed by atoms with van der Waals surface area (Å²) in [5, 5.41) is -0.153. The number of rotatable bonds is 5. The SMILES string of the molecule is CCC(=O)c1ccc(F)c(Cl)c1OCc1ccccc1. The number of halogens is 2. The molecule has 2 rings (SSSR count). The molecule has 4 heteroatoms. The van der Waals surface area contributed by atoms with Gasteiger partial charge in [-0.2, -0.15) is 0 Å². The third-order valence-corrected chi connectivity index (χ3v) is 3.25. The molecule has 0 amide bonds. The Labute approximate surface area is 122 Å². The van der Waals surface area contributed by atoms with Crippen LogP contribution in [0, 0.1) is 5.82 Å². The van der Waals surface area contributed by atoms with Gasteiger partial charge < -0.3 is 4.74 Å². The van der Waals surface area contributed by atoms with Gasteiger partial charge in [-0.3, -0.25) is 4.79 Å². The number of benzene rings is 2. The summed E-state index contributed by atoms with van der Waals surface area (Å²) in [6.07, 6.45) is 0.309. The highest BCUT2D eigenvalue weighted by Crippen LogP contribution is 2.32. The summed E-state index contributed by atoms with van der Waals surface area (Å²) in [6, 6.07) is 12.0. The molecule has 0 heterocycles. The fraction of sp³-hybridized carbons (Fsp3) is 0.188. The molecule has 2 aromatic rings. The Bertz CT molecular complexity index is 611. The van der Waals surface area contributed by atoms with E-state index in [2.05, 4.69) is 0 Å². The molecule has 0 fully saturated rings. The number of carbonyl (C=O) groups excluding carboxylic acids is 1. The van der Waals surface area contributed by atoms with Gasteiger partial charge in [0.1, 0.15) is 17.4 Å². The van der Waals surface area contributed by atoms with E-state index >= 15 is 0 Å². The van der Waals surface area contributed by atoms with E-state index in [-0.39, 0.29) is 23.2 Å². The monoisotopic (exact) mass is 292 g/mol. The molecule has 0 atom stereocenters. The molecular weight excluding hydrogens is 279 g/mol. The second-order valence-electron chi connectivity index (χ2n) is 4.29. The van der Waals surface area contributed by atoms with Crippen molar-refractivity contribution < 1.29 is 13.9 Å². The summed E-state index contributed by atoms with van der Waals surface area (Å²) in [7, 11) is 0. The lowest BCUT2D eigenvalue weighted by molar-refractivity contribution is 0.0983. The van der Waals surface area contributed by atoms with Gasteiger partial charge in [0.05, 0.1) is 5.56 Å². The van der Waals surface area contributed by atoms with Crippen LogP contribution in [0.1, 0.15) is 29.3 Å². The van der Waals surface area contributed by atoms with Gasteiger partial charge in [-0.05, 0) is 17.7 Å². The smallest absolute Gasteiger partial charge is 0.166 e. The Balaban J connectivity index is 2.29. The molecule has 0 radical (unpaired) electrons. The largest absolute Gasteiger partial charge is 0.486 e. The molecule has 0 saturated heterocycles. The molecule has 20 heavy (non-hydrogen) atoms. The summed E-state index contributed by atoms with van der Waals surface area (Å²) in [6.45, 7) is 1.97. The molecule has 104 valence electrons. The highest BCUT2D eigenvalue weighted by atomic mass is 35.5. The molecule has 0 aromatic heterocycles. The van der Waals surface area contributed by atoms with Crippen molar-refractivity contribution in [3.63, 3.8) is 0 Å². The first kappa shape index (κ1) is 14.5. The molecule has 0 N–H and O–H groups in total. The second kappa shape index (κ2) is 6.53. The van der Waals surface area contributed by atoms with Gasteiger partial charge in [0, 0.05) is 6.42 Å². The number of hydrogen-bond acceptors (Lipinski definition) is 2. The predicted octanol–water partition coefficient (Wildman–Crippen LogP) is 4.65. The van der Waals surface area contributed by atoms with Crippen molar-refractivity contribution >= 4 is 17.4 Å². The summed E-state index contributed by atoms with van der Waals surface area (Å²) in [5.74, 6) is -0.611. The van der Waals surface area contributed by atoms with E-state index < -0.39 is 5.82 Å². The van der Waals surface area contributed by atoms with E-state index in [1.54, 1.807) is 6.92 Å². The maximum atomic E-state index is 13.5. The lowest BCUT2D eigenvalue weighted by Gasteiger charge is -2.12. The Kier molecular flexibility index (Phi) is 4.74. The summed E-state index contributed by atoms with van der Waals surface area (Å²) >= 11 is 5.91. The fourth-order valence-electron chi connectivity index (χ4n) is 1.81. The average molecular weight is 293 g/mol. The number of ether oxygens (including phenoxy) is 1. The molecule has 0 unspecified atom stereocenters. The number of carbonyl (C=O) groups is 1. The van der Waals surface area contributed by atoms with Crippen LogP contribution >= 0.6 is 11.6 Å². The molecule has 2 aromatic carbocycles. The minimum absolute atomic E-state index is 0.113. The standard InChI is InChI=1S/C16H14ClFO2/c1-2-14(19)12-8-9-13(18)15(17)16(12)20-10-11-6-4-3-5-7-11/h3-9H,2,10H2,1H3. The van der Waals surface area contributed by atoms with Gasteiger partial charge in [0.25, 0.3) is 0 Å². The van der Waals surface area contributed by atoms with Gasteiger partial charge in [0.15, 0.2) is 11.5 Å². The van der Waals surface area contributed by atoms with E-state index in [0.29, 0.717) is 12.0 Å². The van der Waals surface area contributed by atoms with E-state index in [4.69, 9.17) is 16.3 Å². The number of ketones is 1. The highest BCUT2D eigenvalue weighted by molar-refractivity contribution is 6.32. The van der Waals surface area contributed by atoms with Crippen LogP contribution in [0.15, 0.2) is 42.5 Å². The van der Waals surface area contributed by atoms with Crippen molar-refractivity contribution in [2.45, 2.75) is 20.0 Å². The normalized spacial score (nSPS) is 10.3. The van der Waals surface area contributed by atoms with Crippen LogP contribution in [-0.4, -0.2) is 5.78 Å². The van der Waals surface area contributed by atoms with Crippen LogP contribution in [-0.2, 0) is 6.61 Å². The summed E-state index contributed by atoms with van der Waals surface area (Å²) < 4.78 is 19.1. The number of hydrogen-bond donors (Lipinski definition) is 0. The first-order chi connectivity index (χ1) is 9.63. The Morgan fingerprint density at radius 2 is 1.90 bits per heavy atom. The molecule has 0 spiro atoms. The zero-order valence-corrected chi connectivity index (χ0v) is 11.8. The van der Waals surface area contributed by atoms with Crippen LogP contribution in [0.4, 0.5) is 4.39 Å². The topological polar surface area (TPSA) is 26.3 Å². The quantitative estimate of drug-likeness (QED) is 0.750. The van der Waals surface area contributed by atoms with Crippen LogP contribution in [0.5, 0.6) is 5.75 Å². The minimum atomic E-state index is -0.595. The van der Waals surface area contributed by atoms with E-state index in [0.717, 1.165) is 5.56 Å². The van der Waals surface area contributed by atoms with Gasteiger partial charge in [-0.1, -0.05) is 48.9 Å². The lowest BCUT2D eigenvalue weighted by Crippen LogP contribution is -2.05. The van der Waals surface area contributed by atoms with Gasteiger partial charge >= 0.3 is 0 Å². The van der Waals surface area contributed by atoms with Crippen molar-refractivity contribution in [1.82, 2.24) is 0 Å². The third kappa shape index (κ3) is 3.17.